The molecule has 0 aliphatic rings. The molecule has 156 valence electrons. The van der Waals surface area contributed by atoms with Gasteiger partial charge in [0, 0.05) is 5.69 Å². The number of hydrogen-bond acceptors (Lipinski definition) is 5. The van der Waals surface area contributed by atoms with Gasteiger partial charge in [-0.1, -0.05) is 29.8 Å². The lowest BCUT2D eigenvalue weighted by Crippen LogP contribution is -2.30. The van der Waals surface area contributed by atoms with Gasteiger partial charge in [0.1, 0.15) is 17.4 Å². The third kappa shape index (κ3) is 5.95. The molecule has 0 spiro atoms. The predicted molar refractivity (Wildman–Crippen MR) is 116 cm³/mol. The normalized spacial score (nSPS) is 11.9. The van der Waals surface area contributed by atoms with E-state index in [-0.39, 0.29) is 5.57 Å². The molecule has 0 bridgehead atoms. The first kappa shape index (κ1) is 22.7. The minimum Gasteiger partial charge on any atom is -0.494 e. The average Bonchev–Trinajstić information content (AvgIpc) is 2.69. The summed E-state index contributed by atoms with van der Waals surface area (Å²) in [5, 5.41) is 12.1. The number of carbonyl (C=O) groups is 2. The van der Waals surface area contributed by atoms with Gasteiger partial charge in [-0.05, 0) is 69.5 Å². The first-order chi connectivity index (χ1) is 14.2. The second-order valence-electron chi connectivity index (χ2n) is 6.98. The molecule has 0 aliphatic carbocycles. The zero-order valence-corrected chi connectivity index (χ0v) is 17.9. The van der Waals surface area contributed by atoms with Crippen molar-refractivity contribution in [3.8, 4) is 11.8 Å². The Balaban J connectivity index is 2.07. The molecule has 2 aromatic rings. The molecule has 1 atom stereocenters. The van der Waals surface area contributed by atoms with E-state index in [1.165, 1.54) is 13.0 Å². The SMILES string of the molecule is CCOc1ccc(/C=C(\C#N)C(=O)O[C@@H](C)C(=O)Nc2c(C)cc(C)cc2C)cc1. The monoisotopic (exact) mass is 406 g/mol. The molecule has 1 N–H and O–H groups in total. The van der Waals surface area contributed by atoms with Crippen LogP contribution in [0.1, 0.15) is 36.1 Å². The van der Waals surface area contributed by atoms with Gasteiger partial charge >= 0.3 is 5.97 Å². The summed E-state index contributed by atoms with van der Waals surface area (Å²) < 4.78 is 10.6. The van der Waals surface area contributed by atoms with E-state index in [1.807, 2.05) is 45.9 Å². The molecule has 6 nitrogen and oxygen atoms in total. The number of aryl methyl sites for hydroxylation is 3. The van der Waals surface area contributed by atoms with Crippen molar-refractivity contribution in [2.45, 2.75) is 40.7 Å². The average molecular weight is 406 g/mol. The van der Waals surface area contributed by atoms with Crippen LogP contribution in [0.15, 0.2) is 42.0 Å². The molecule has 0 radical (unpaired) electrons. The Morgan fingerprint density at radius 1 is 1.13 bits per heavy atom. The van der Waals surface area contributed by atoms with Crippen molar-refractivity contribution >= 4 is 23.6 Å². The fourth-order valence-corrected chi connectivity index (χ4v) is 3.01. The number of nitrogens with one attached hydrogen (secondary N) is 1. The Bertz CT molecular complexity index is 978. The molecular formula is C24H26N2O4. The number of nitriles is 1. The third-order valence-corrected chi connectivity index (χ3v) is 4.42. The number of hydrogen-bond donors (Lipinski definition) is 1. The van der Waals surface area contributed by atoms with Crippen molar-refractivity contribution in [3.63, 3.8) is 0 Å². The van der Waals surface area contributed by atoms with Crippen LogP contribution >= 0.6 is 0 Å². The van der Waals surface area contributed by atoms with Crippen LogP contribution in [-0.4, -0.2) is 24.6 Å². The van der Waals surface area contributed by atoms with Crippen LogP contribution in [-0.2, 0) is 14.3 Å². The van der Waals surface area contributed by atoms with Gasteiger partial charge in [-0.2, -0.15) is 5.26 Å². The molecule has 0 unspecified atom stereocenters. The van der Waals surface area contributed by atoms with Gasteiger partial charge in [0.05, 0.1) is 6.61 Å². The smallest absolute Gasteiger partial charge is 0.349 e. The Labute approximate surface area is 177 Å². The van der Waals surface area contributed by atoms with Gasteiger partial charge < -0.3 is 14.8 Å². The molecule has 0 heterocycles. The molecule has 0 saturated heterocycles. The number of carbonyl (C=O) groups excluding carboxylic acids is 2. The van der Waals surface area contributed by atoms with E-state index in [2.05, 4.69) is 5.32 Å². The van der Waals surface area contributed by atoms with Crippen LogP contribution in [0.25, 0.3) is 6.08 Å². The highest BCUT2D eigenvalue weighted by Crippen LogP contribution is 2.22. The molecular weight excluding hydrogens is 380 g/mol. The van der Waals surface area contributed by atoms with Crippen molar-refractivity contribution in [2.24, 2.45) is 0 Å². The van der Waals surface area contributed by atoms with Crippen molar-refractivity contribution in [1.82, 2.24) is 0 Å². The molecule has 2 aromatic carbocycles. The van der Waals surface area contributed by atoms with Gasteiger partial charge in [-0.15, -0.1) is 0 Å². The highest BCUT2D eigenvalue weighted by atomic mass is 16.5. The van der Waals surface area contributed by atoms with E-state index in [0.717, 1.165) is 16.7 Å². The first-order valence-electron chi connectivity index (χ1n) is 9.69. The molecule has 6 heteroatoms. The van der Waals surface area contributed by atoms with E-state index in [0.29, 0.717) is 23.6 Å². The van der Waals surface area contributed by atoms with Crippen molar-refractivity contribution in [2.75, 3.05) is 11.9 Å². The maximum Gasteiger partial charge on any atom is 0.349 e. The Hall–Kier alpha value is -3.59. The maximum absolute atomic E-state index is 12.5. The Kier molecular flexibility index (Phi) is 7.76. The van der Waals surface area contributed by atoms with Crippen LogP contribution in [0.2, 0.25) is 0 Å². The predicted octanol–water partition coefficient (Wildman–Crippen LogP) is 4.49. The molecule has 0 aliphatic heterocycles. The lowest BCUT2D eigenvalue weighted by atomic mass is 10.0. The minimum atomic E-state index is -1.06. The maximum atomic E-state index is 12.5. The zero-order chi connectivity index (χ0) is 22.3. The van der Waals surface area contributed by atoms with E-state index >= 15 is 0 Å². The lowest BCUT2D eigenvalue weighted by molar-refractivity contribution is -0.148. The number of amides is 1. The molecule has 30 heavy (non-hydrogen) atoms. The standard InChI is InChI=1S/C24H26N2O4/c1-6-29-21-9-7-19(8-10-21)13-20(14-25)24(28)30-18(5)23(27)26-22-16(3)11-15(2)12-17(22)4/h7-13,18H,6H2,1-5H3,(H,26,27)/b20-13+/t18-/m0/s1. The summed E-state index contributed by atoms with van der Waals surface area (Å²) in [6.45, 7) is 9.69. The molecule has 2 rings (SSSR count). The molecule has 0 aromatic heterocycles. The summed E-state index contributed by atoms with van der Waals surface area (Å²) in [6.07, 6.45) is 0.353. The fraction of sp³-hybridized carbons (Fsp3) is 0.292. The van der Waals surface area contributed by atoms with Gasteiger partial charge in [0.2, 0.25) is 0 Å². The van der Waals surface area contributed by atoms with Gasteiger partial charge in [-0.25, -0.2) is 4.79 Å². The number of benzene rings is 2. The van der Waals surface area contributed by atoms with Crippen LogP contribution in [0.3, 0.4) is 0 Å². The van der Waals surface area contributed by atoms with Crippen LogP contribution in [0.4, 0.5) is 5.69 Å². The van der Waals surface area contributed by atoms with Crippen LogP contribution in [0, 0.1) is 32.1 Å². The largest absolute Gasteiger partial charge is 0.494 e. The number of rotatable bonds is 7. The number of esters is 1. The van der Waals surface area contributed by atoms with Gasteiger partial charge in [0.25, 0.3) is 5.91 Å². The number of anilines is 1. The Morgan fingerprint density at radius 3 is 2.27 bits per heavy atom. The first-order valence-corrected chi connectivity index (χ1v) is 9.69. The highest BCUT2D eigenvalue weighted by molar-refractivity contribution is 6.01. The second kappa shape index (κ2) is 10.3. The minimum absolute atomic E-state index is 0.193. The van der Waals surface area contributed by atoms with E-state index in [1.54, 1.807) is 24.3 Å². The van der Waals surface area contributed by atoms with E-state index < -0.39 is 18.0 Å². The summed E-state index contributed by atoms with van der Waals surface area (Å²) in [6, 6.07) is 12.7. The molecule has 1 amide bonds. The summed E-state index contributed by atoms with van der Waals surface area (Å²) in [5.41, 5.74) is 4.09. The van der Waals surface area contributed by atoms with Crippen LogP contribution in [0.5, 0.6) is 5.75 Å². The van der Waals surface area contributed by atoms with Crippen LogP contribution < -0.4 is 10.1 Å². The molecule has 0 fully saturated rings. The third-order valence-electron chi connectivity index (χ3n) is 4.42. The van der Waals surface area contributed by atoms with E-state index in [4.69, 9.17) is 9.47 Å². The van der Waals surface area contributed by atoms with Crippen molar-refractivity contribution in [1.29, 1.82) is 5.26 Å². The second-order valence-corrected chi connectivity index (χ2v) is 6.98. The van der Waals surface area contributed by atoms with Gasteiger partial charge in [-0.3, -0.25) is 4.79 Å². The zero-order valence-electron chi connectivity index (χ0n) is 17.9. The fourth-order valence-electron chi connectivity index (χ4n) is 3.01. The molecule has 0 saturated carbocycles. The van der Waals surface area contributed by atoms with Crippen molar-refractivity contribution in [3.05, 3.63) is 64.2 Å². The summed E-state index contributed by atoms with van der Waals surface area (Å²) in [5.74, 6) is -0.620. The quantitative estimate of drug-likeness (QED) is 0.416. The topological polar surface area (TPSA) is 88.4 Å². The summed E-state index contributed by atoms with van der Waals surface area (Å²) in [4.78, 5) is 24.9. The summed E-state index contributed by atoms with van der Waals surface area (Å²) in [7, 11) is 0. The number of ether oxygens (including phenoxy) is 2. The summed E-state index contributed by atoms with van der Waals surface area (Å²) >= 11 is 0. The van der Waals surface area contributed by atoms with Gasteiger partial charge in [0.15, 0.2) is 6.10 Å². The number of nitrogens with zero attached hydrogens (tertiary/aromatic N) is 1. The lowest BCUT2D eigenvalue weighted by Gasteiger charge is -2.16. The Morgan fingerprint density at radius 2 is 1.73 bits per heavy atom. The van der Waals surface area contributed by atoms with Crippen molar-refractivity contribution < 1.29 is 19.1 Å². The van der Waals surface area contributed by atoms with E-state index in [9.17, 15) is 14.9 Å². The highest BCUT2D eigenvalue weighted by Gasteiger charge is 2.21.